The van der Waals surface area contributed by atoms with Crippen LogP contribution in [-0.2, 0) is 51.5 Å². The molecule has 0 radical (unpaired) electrons. The van der Waals surface area contributed by atoms with E-state index in [4.69, 9.17) is 0 Å². The Hall–Kier alpha value is -3.43. The van der Waals surface area contributed by atoms with Gasteiger partial charge < -0.3 is 24.8 Å². The first-order valence-corrected chi connectivity index (χ1v) is 20.2. The molecule has 0 amide bonds. The van der Waals surface area contributed by atoms with Crippen molar-refractivity contribution in [3.05, 3.63) is 116 Å². The van der Waals surface area contributed by atoms with Crippen LogP contribution in [0.4, 0.5) is 0 Å². The third-order valence-corrected chi connectivity index (χ3v) is 10.5. The molecule has 2 aliphatic carbocycles. The van der Waals surface area contributed by atoms with Gasteiger partial charge in [-0.1, -0.05) is 125 Å². The van der Waals surface area contributed by atoms with E-state index in [0.29, 0.717) is 0 Å². The first-order valence-electron chi connectivity index (χ1n) is 20.2. The second-order valence-electron chi connectivity index (χ2n) is 14.5. The maximum Gasteiger partial charge on any atom is 2.00 e. The Bertz CT molecular complexity index is 2020. The molecule has 6 rings (SSSR count). The van der Waals surface area contributed by atoms with Crippen molar-refractivity contribution in [2.45, 2.75) is 130 Å². The quantitative estimate of drug-likeness (QED) is 0.0765. The number of halogens is 2. The van der Waals surface area contributed by atoms with E-state index >= 15 is 0 Å². The standard InChI is InChI=1S/C52H54.2ClH.Hf/c1-5-9-13-17-21-39-25-29-47-43(35-39)37-51-45(41(27-31-49(47)51)23-19-15-11-7-3)33-34-46-42(24-20-16-12-8-4)28-32-50-48-30-26-40(22-18-14-10-6-2)36-44(48)38-52(46)50;;;/h25-32,35-36H,5-16,33-34,37-38H2,1-4H3;2*1H;/q;;;+2/p-2. The molecule has 280 valence electrons. The summed E-state index contributed by atoms with van der Waals surface area (Å²) in [5.41, 5.74) is 18.6. The molecule has 3 heteroatoms. The molecule has 0 saturated carbocycles. The topological polar surface area (TPSA) is 0 Å². The largest absolute Gasteiger partial charge is 2.00 e. The minimum absolute atomic E-state index is 0. The molecule has 0 saturated heterocycles. The molecule has 0 bridgehead atoms. The van der Waals surface area contributed by atoms with Crippen molar-refractivity contribution in [3.63, 3.8) is 0 Å². The van der Waals surface area contributed by atoms with E-state index in [1.54, 1.807) is 0 Å². The van der Waals surface area contributed by atoms with Crippen LogP contribution in [0, 0.1) is 47.4 Å². The molecule has 55 heavy (non-hydrogen) atoms. The molecule has 0 N–H and O–H groups in total. The SMILES string of the molecule is CCCCC#Cc1ccc2c(c1)Cc1c-2ccc(C#CCCCC)c1CCc1c(C#CCCCC)ccc2c1Cc1cc(C#CCCCC)ccc1-2.[Cl-].[Cl-].[Hf+2]. The van der Waals surface area contributed by atoms with Gasteiger partial charge in [0.25, 0.3) is 0 Å². The van der Waals surface area contributed by atoms with Gasteiger partial charge in [0.15, 0.2) is 0 Å². The second-order valence-corrected chi connectivity index (χ2v) is 14.5. The van der Waals surface area contributed by atoms with E-state index in [1.165, 1.54) is 92.4 Å². The van der Waals surface area contributed by atoms with Crippen LogP contribution in [-0.4, -0.2) is 0 Å². The Labute approximate surface area is 364 Å². The van der Waals surface area contributed by atoms with Crippen LogP contribution in [0.25, 0.3) is 22.3 Å². The summed E-state index contributed by atoms with van der Waals surface area (Å²) in [5, 5.41) is 0. The first kappa shape index (κ1) is 46.0. The smallest absolute Gasteiger partial charge is 1.00 e. The predicted molar refractivity (Wildman–Crippen MR) is 222 cm³/mol. The zero-order valence-corrected chi connectivity index (χ0v) is 38.4. The molecular weight excluding hydrogens is 874 g/mol. The van der Waals surface area contributed by atoms with E-state index in [1.807, 2.05) is 0 Å². The van der Waals surface area contributed by atoms with Crippen LogP contribution >= 0.6 is 0 Å². The Kier molecular flexibility index (Phi) is 19.7. The van der Waals surface area contributed by atoms with Crippen molar-refractivity contribution in [1.29, 1.82) is 0 Å². The average molecular weight is 928 g/mol. The van der Waals surface area contributed by atoms with Gasteiger partial charge in [-0.2, -0.15) is 0 Å². The van der Waals surface area contributed by atoms with Crippen molar-refractivity contribution in [2.75, 3.05) is 0 Å². The van der Waals surface area contributed by atoms with Gasteiger partial charge in [0.2, 0.25) is 0 Å². The van der Waals surface area contributed by atoms with E-state index < -0.39 is 0 Å². The molecule has 0 atom stereocenters. The predicted octanol–water partition coefficient (Wildman–Crippen LogP) is 6.79. The van der Waals surface area contributed by atoms with Crippen LogP contribution in [0.1, 0.15) is 160 Å². The minimum Gasteiger partial charge on any atom is -1.00 e. The molecule has 0 heterocycles. The summed E-state index contributed by atoms with van der Waals surface area (Å²) in [4.78, 5) is 0. The Morgan fingerprint density at radius 2 is 0.782 bits per heavy atom. The number of hydrogen-bond acceptors (Lipinski definition) is 0. The Morgan fingerprint density at radius 3 is 1.15 bits per heavy atom. The average Bonchev–Trinajstić information content (AvgIpc) is 3.73. The Balaban J connectivity index is 0.00000271. The fourth-order valence-corrected chi connectivity index (χ4v) is 7.60. The fraction of sp³-hybridized carbons (Fsp3) is 0.385. The molecule has 0 nitrogen and oxygen atoms in total. The fourth-order valence-electron chi connectivity index (χ4n) is 7.60. The summed E-state index contributed by atoms with van der Waals surface area (Å²) < 4.78 is 0. The molecule has 2 aliphatic rings. The van der Waals surface area contributed by atoms with Gasteiger partial charge in [-0.25, -0.2) is 0 Å². The van der Waals surface area contributed by atoms with Crippen LogP contribution in [0.3, 0.4) is 0 Å². The van der Waals surface area contributed by atoms with Crippen LogP contribution in [0.2, 0.25) is 0 Å². The summed E-state index contributed by atoms with van der Waals surface area (Å²) in [6.07, 6.45) is 16.9. The van der Waals surface area contributed by atoms with Crippen molar-refractivity contribution >= 4 is 0 Å². The Morgan fingerprint density at radius 1 is 0.436 bits per heavy atom. The number of fused-ring (bicyclic) bond motifs is 6. The van der Waals surface area contributed by atoms with Crippen molar-refractivity contribution in [2.24, 2.45) is 0 Å². The molecule has 0 unspecified atom stereocenters. The van der Waals surface area contributed by atoms with Gasteiger partial charge in [-0.05, 0) is 143 Å². The number of unbranched alkanes of at least 4 members (excludes halogenated alkanes) is 8. The zero-order valence-electron chi connectivity index (χ0n) is 33.3. The summed E-state index contributed by atoms with van der Waals surface area (Å²) in [7, 11) is 0. The monoisotopic (exact) mass is 928 g/mol. The van der Waals surface area contributed by atoms with Gasteiger partial charge in [0.05, 0.1) is 0 Å². The van der Waals surface area contributed by atoms with Gasteiger partial charge in [0.1, 0.15) is 0 Å². The molecule has 0 spiro atoms. The molecule has 4 aromatic carbocycles. The van der Waals surface area contributed by atoms with Crippen molar-refractivity contribution < 1.29 is 50.7 Å². The van der Waals surface area contributed by atoms with Crippen molar-refractivity contribution in [1.82, 2.24) is 0 Å². The molecule has 0 aromatic heterocycles. The second kappa shape index (κ2) is 23.6. The van der Waals surface area contributed by atoms with Crippen molar-refractivity contribution in [3.8, 4) is 69.6 Å². The van der Waals surface area contributed by atoms with Crippen LogP contribution in [0.15, 0.2) is 60.7 Å². The molecule has 0 fully saturated rings. The first-order chi connectivity index (χ1) is 25.6. The van der Waals surface area contributed by atoms with E-state index in [0.717, 1.165) is 88.2 Å². The number of benzene rings is 4. The van der Waals surface area contributed by atoms with Gasteiger partial charge >= 0.3 is 25.8 Å². The molecular formula is C52H54Cl2Hf. The third kappa shape index (κ3) is 11.6. The van der Waals surface area contributed by atoms with Gasteiger partial charge in [-0.15, -0.1) is 0 Å². The normalized spacial score (nSPS) is 10.8. The summed E-state index contributed by atoms with van der Waals surface area (Å²) in [5.74, 6) is 28.0. The zero-order chi connectivity index (χ0) is 36.1. The van der Waals surface area contributed by atoms with E-state index in [-0.39, 0.29) is 50.7 Å². The van der Waals surface area contributed by atoms with Gasteiger partial charge in [-0.3, -0.25) is 0 Å². The molecule has 0 aliphatic heterocycles. The van der Waals surface area contributed by atoms with Crippen LogP contribution in [0.5, 0.6) is 0 Å². The van der Waals surface area contributed by atoms with E-state index in [9.17, 15) is 0 Å². The maximum absolute atomic E-state index is 3.64. The number of hydrogen-bond donors (Lipinski definition) is 0. The van der Waals surface area contributed by atoms with Gasteiger partial charge in [0, 0.05) is 47.9 Å². The van der Waals surface area contributed by atoms with Crippen LogP contribution < -0.4 is 24.8 Å². The maximum atomic E-state index is 3.64. The van der Waals surface area contributed by atoms with E-state index in [2.05, 4.69) is 136 Å². The summed E-state index contributed by atoms with van der Waals surface area (Å²) in [6, 6.07) is 22.9. The minimum atomic E-state index is 0. The summed E-state index contributed by atoms with van der Waals surface area (Å²) >= 11 is 0. The summed E-state index contributed by atoms with van der Waals surface area (Å²) in [6.45, 7) is 8.93. The third-order valence-electron chi connectivity index (χ3n) is 10.5. The number of rotatable bonds is 11. The molecule has 4 aromatic rings.